The van der Waals surface area contributed by atoms with Gasteiger partial charge >= 0.3 is 0 Å². The number of carbonyl (C=O) groups excluding carboxylic acids is 2. The van der Waals surface area contributed by atoms with Gasteiger partial charge in [-0.3, -0.25) is 9.59 Å². The number of carbonyl (C=O) groups is 2. The molecule has 6 nitrogen and oxygen atoms in total. The largest absolute Gasteiger partial charge is 0.483 e. The summed E-state index contributed by atoms with van der Waals surface area (Å²) in [6.07, 6.45) is 0.910. The quantitative estimate of drug-likeness (QED) is 0.212. The molecule has 0 heterocycles. The highest BCUT2D eigenvalue weighted by Gasteiger charge is 2.14. The van der Waals surface area contributed by atoms with E-state index in [1.54, 1.807) is 24.3 Å². The van der Waals surface area contributed by atoms with E-state index in [-0.39, 0.29) is 18.4 Å². The van der Waals surface area contributed by atoms with Gasteiger partial charge in [0.2, 0.25) is 0 Å². The molecule has 0 aliphatic carbocycles. The molecule has 36 heavy (non-hydrogen) atoms. The minimum Gasteiger partial charge on any atom is -0.483 e. The van der Waals surface area contributed by atoms with Crippen LogP contribution in [0.15, 0.2) is 102 Å². The monoisotopic (exact) mass is 543 g/mol. The number of aryl methyl sites for hydroxylation is 1. The van der Waals surface area contributed by atoms with Crippen LogP contribution in [0.3, 0.4) is 0 Å². The van der Waals surface area contributed by atoms with E-state index in [1.165, 1.54) is 5.56 Å². The number of ether oxygens (including phenoxy) is 1. The molecule has 0 aromatic heterocycles. The van der Waals surface area contributed by atoms with Crippen molar-refractivity contribution in [3.63, 3.8) is 0 Å². The van der Waals surface area contributed by atoms with E-state index in [4.69, 9.17) is 4.74 Å². The molecule has 0 fully saturated rings. The van der Waals surface area contributed by atoms with Crippen molar-refractivity contribution in [3.05, 3.63) is 113 Å². The molecule has 0 bridgehead atoms. The molecule has 0 aliphatic rings. The fourth-order valence-corrected chi connectivity index (χ4v) is 4.07. The standard InChI is InChI=1S/C29H26BrN3O3/c1-2-20-12-17-27(25(30)18-20)36-19-28(34)33-26-11-7-6-10-24(26)29(35)32-23-15-13-22(14-16-23)31-21-8-4-3-5-9-21/h3-18,31H,2,19H2,1H3,(H,32,35)(H,33,34). The van der Waals surface area contributed by atoms with Crippen molar-refractivity contribution < 1.29 is 14.3 Å². The summed E-state index contributed by atoms with van der Waals surface area (Å²) in [5, 5.41) is 8.96. The van der Waals surface area contributed by atoms with Crippen molar-refractivity contribution in [3.8, 4) is 5.75 Å². The number of nitrogens with one attached hydrogen (secondary N) is 3. The molecular weight excluding hydrogens is 518 g/mol. The lowest BCUT2D eigenvalue weighted by molar-refractivity contribution is -0.118. The van der Waals surface area contributed by atoms with Crippen LogP contribution >= 0.6 is 15.9 Å². The summed E-state index contributed by atoms with van der Waals surface area (Å²) in [5.74, 6) is -0.106. The van der Waals surface area contributed by atoms with E-state index >= 15 is 0 Å². The van der Waals surface area contributed by atoms with Crippen LogP contribution in [0.4, 0.5) is 22.7 Å². The van der Waals surface area contributed by atoms with E-state index in [2.05, 4.69) is 38.8 Å². The Morgan fingerprint density at radius 1 is 0.778 bits per heavy atom. The van der Waals surface area contributed by atoms with Crippen molar-refractivity contribution in [1.82, 2.24) is 0 Å². The Labute approximate surface area is 218 Å². The van der Waals surface area contributed by atoms with Crippen LogP contribution in [0.5, 0.6) is 5.75 Å². The van der Waals surface area contributed by atoms with Crippen LogP contribution in [-0.2, 0) is 11.2 Å². The maximum absolute atomic E-state index is 13.0. The summed E-state index contributed by atoms with van der Waals surface area (Å²) >= 11 is 3.47. The fourth-order valence-electron chi connectivity index (χ4n) is 3.52. The maximum Gasteiger partial charge on any atom is 0.262 e. The molecule has 0 spiro atoms. The van der Waals surface area contributed by atoms with E-state index < -0.39 is 0 Å². The lowest BCUT2D eigenvalue weighted by Gasteiger charge is -2.13. The molecule has 0 saturated carbocycles. The van der Waals surface area contributed by atoms with E-state index in [1.807, 2.05) is 72.8 Å². The number of para-hydroxylation sites is 2. The summed E-state index contributed by atoms with van der Waals surface area (Å²) in [5.41, 5.74) is 4.46. The first-order valence-corrected chi connectivity index (χ1v) is 12.3. The van der Waals surface area contributed by atoms with Gasteiger partial charge < -0.3 is 20.7 Å². The third kappa shape index (κ3) is 6.73. The Morgan fingerprint density at radius 2 is 1.44 bits per heavy atom. The number of benzene rings is 4. The van der Waals surface area contributed by atoms with Crippen LogP contribution in [-0.4, -0.2) is 18.4 Å². The van der Waals surface area contributed by atoms with Crippen LogP contribution in [0, 0.1) is 0 Å². The summed E-state index contributed by atoms with van der Waals surface area (Å²) in [7, 11) is 0. The maximum atomic E-state index is 13.0. The molecule has 4 aromatic rings. The second kappa shape index (κ2) is 12.0. The number of anilines is 4. The summed E-state index contributed by atoms with van der Waals surface area (Å²) < 4.78 is 6.45. The van der Waals surface area contributed by atoms with Crippen molar-refractivity contribution in [2.45, 2.75) is 13.3 Å². The van der Waals surface area contributed by atoms with Crippen molar-refractivity contribution in [1.29, 1.82) is 0 Å². The van der Waals surface area contributed by atoms with E-state index in [0.717, 1.165) is 22.3 Å². The molecule has 0 atom stereocenters. The van der Waals surface area contributed by atoms with Crippen molar-refractivity contribution in [2.24, 2.45) is 0 Å². The van der Waals surface area contributed by atoms with E-state index in [0.29, 0.717) is 22.7 Å². The third-order valence-corrected chi connectivity index (χ3v) is 6.03. The Hall–Kier alpha value is -4.10. The lowest BCUT2D eigenvalue weighted by atomic mass is 10.1. The Bertz CT molecular complexity index is 1340. The molecule has 7 heteroatoms. The van der Waals surface area contributed by atoms with Crippen molar-refractivity contribution >= 4 is 50.5 Å². The van der Waals surface area contributed by atoms with Gasteiger partial charge in [0.25, 0.3) is 11.8 Å². The SMILES string of the molecule is CCc1ccc(OCC(=O)Nc2ccccc2C(=O)Nc2ccc(Nc3ccccc3)cc2)c(Br)c1. The molecule has 4 aromatic carbocycles. The second-order valence-corrected chi connectivity index (χ2v) is 8.88. The Morgan fingerprint density at radius 3 is 2.17 bits per heavy atom. The first-order valence-electron chi connectivity index (χ1n) is 11.6. The average molecular weight is 544 g/mol. The van der Waals surface area contributed by atoms with Gasteiger partial charge in [-0.15, -0.1) is 0 Å². The zero-order valence-electron chi connectivity index (χ0n) is 19.8. The number of rotatable bonds is 9. The molecule has 0 saturated heterocycles. The van der Waals surface area contributed by atoms with Gasteiger partial charge in [-0.05, 0) is 88.6 Å². The molecule has 0 aliphatic heterocycles. The molecule has 0 unspecified atom stereocenters. The second-order valence-electron chi connectivity index (χ2n) is 8.02. The van der Waals surface area contributed by atoms with Gasteiger partial charge in [-0.1, -0.05) is 43.3 Å². The van der Waals surface area contributed by atoms with Crippen molar-refractivity contribution in [2.75, 3.05) is 22.6 Å². The van der Waals surface area contributed by atoms with Gasteiger partial charge in [-0.25, -0.2) is 0 Å². The molecule has 182 valence electrons. The van der Waals surface area contributed by atoms with Gasteiger partial charge in [0.05, 0.1) is 15.7 Å². The zero-order valence-corrected chi connectivity index (χ0v) is 21.3. The lowest BCUT2D eigenvalue weighted by Crippen LogP contribution is -2.23. The Kier molecular flexibility index (Phi) is 8.36. The molecule has 4 rings (SSSR count). The molecule has 0 radical (unpaired) electrons. The minimum absolute atomic E-state index is 0.185. The predicted molar refractivity (Wildman–Crippen MR) is 148 cm³/mol. The van der Waals surface area contributed by atoms with Crippen LogP contribution in [0.1, 0.15) is 22.8 Å². The summed E-state index contributed by atoms with van der Waals surface area (Å²) in [6.45, 7) is 1.89. The topological polar surface area (TPSA) is 79.5 Å². The molecule has 2 amide bonds. The number of hydrogen-bond acceptors (Lipinski definition) is 4. The Balaban J connectivity index is 1.36. The van der Waals surface area contributed by atoms with Crippen LogP contribution < -0.4 is 20.7 Å². The number of halogens is 1. The smallest absolute Gasteiger partial charge is 0.262 e. The first kappa shape index (κ1) is 25.0. The van der Waals surface area contributed by atoms with Gasteiger partial charge in [0.15, 0.2) is 6.61 Å². The van der Waals surface area contributed by atoms with Crippen LogP contribution in [0.2, 0.25) is 0 Å². The number of hydrogen-bond donors (Lipinski definition) is 3. The van der Waals surface area contributed by atoms with Gasteiger partial charge in [-0.2, -0.15) is 0 Å². The van der Waals surface area contributed by atoms with E-state index in [9.17, 15) is 9.59 Å². The van der Waals surface area contributed by atoms with Gasteiger partial charge in [0.1, 0.15) is 5.75 Å². The highest BCUT2D eigenvalue weighted by atomic mass is 79.9. The highest BCUT2D eigenvalue weighted by Crippen LogP contribution is 2.26. The third-order valence-electron chi connectivity index (χ3n) is 5.41. The van der Waals surface area contributed by atoms with Gasteiger partial charge in [0, 0.05) is 17.1 Å². The zero-order chi connectivity index (χ0) is 25.3. The minimum atomic E-state index is -0.363. The predicted octanol–water partition coefficient (Wildman–Crippen LogP) is 7.02. The molecule has 3 N–H and O–H groups in total. The first-order chi connectivity index (χ1) is 17.5. The normalized spacial score (nSPS) is 10.4. The highest BCUT2D eigenvalue weighted by molar-refractivity contribution is 9.10. The summed E-state index contributed by atoms with van der Waals surface area (Å²) in [4.78, 5) is 25.5. The molecular formula is C29H26BrN3O3. The fraction of sp³-hybridized carbons (Fsp3) is 0.103. The number of amides is 2. The summed E-state index contributed by atoms with van der Waals surface area (Å²) in [6, 6.07) is 29.9. The average Bonchev–Trinajstić information content (AvgIpc) is 2.90. The van der Waals surface area contributed by atoms with Crippen LogP contribution in [0.25, 0.3) is 0 Å².